The van der Waals surface area contributed by atoms with Crippen molar-refractivity contribution in [1.82, 2.24) is 10.2 Å². The van der Waals surface area contributed by atoms with Gasteiger partial charge in [0.25, 0.3) is 0 Å². The average Bonchev–Trinajstić information content (AvgIpc) is 3.04. The van der Waals surface area contributed by atoms with Crippen LogP contribution in [0.5, 0.6) is 5.75 Å². The van der Waals surface area contributed by atoms with Crippen LogP contribution in [0.15, 0.2) is 18.2 Å². The molecule has 0 spiro atoms. The van der Waals surface area contributed by atoms with Crippen LogP contribution in [0.25, 0.3) is 0 Å². The molecule has 1 aliphatic carbocycles. The van der Waals surface area contributed by atoms with Crippen molar-refractivity contribution in [2.45, 2.75) is 64.6 Å². The van der Waals surface area contributed by atoms with E-state index in [0.717, 1.165) is 48.8 Å². The zero-order chi connectivity index (χ0) is 19.4. The largest absolute Gasteiger partial charge is 0.489 e. The van der Waals surface area contributed by atoms with E-state index in [1.54, 1.807) is 0 Å². The van der Waals surface area contributed by atoms with Crippen molar-refractivity contribution in [3.8, 4) is 5.75 Å². The topological polar surface area (TPSA) is 50.8 Å². The highest BCUT2D eigenvalue weighted by Crippen LogP contribution is 2.36. The normalized spacial score (nSPS) is 23.0. The Morgan fingerprint density at radius 1 is 1.26 bits per heavy atom. The van der Waals surface area contributed by atoms with Crippen LogP contribution in [0.4, 0.5) is 4.79 Å². The van der Waals surface area contributed by atoms with Gasteiger partial charge in [-0.1, -0.05) is 23.7 Å². The molecule has 2 fully saturated rings. The minimum atomic E-state index is -0.357. The molecule has 0 radical (unpaired) electrons. The SMILES string of the molecule is CC(C)(C)NC(=O)OCC1CC(Oc2cccc(CN3CCCC3)c2Cl)C1. The van der Waals surface area contributed by atoms with Gasteiger partial charge in [-0.05, 0) is 71.2 Å². The summed E-state index contributed by atoms with van der Waals surface area (Å²) in [6.45, 7) is 9.42. The van der Waals surface area contributed by atoms with Crippen LogP contribution in [0.2, 0.25) is 5.02 Å². The predicted octanol–water partition coefficient (Wildman–Crippen LogP) is 4.62. The summed E-state index contributed by atoms with van der Waals surface area (Å²) in [5.74, 6) is 1.12. The van der Waals surface area contributed by atoms with Gasteiger partial charge in [0.1, 0.15) is 5.75 Å². The predicted molar refractivity (Wildman–Crippen MR) is 107 cm³/mol. The Balaban J connectivity index is 1.42. The molecule has 0 unspecified atom stereocenters. The van der Waals surface area contributed by atoms with Crippen LogP contribution in [0, 0.1) is 5.92 Å². The number of benzene rings is 1. The van der Waals surface area contributed by atoms with Gasteiger partial charge in [0.15, 0.2) is 0 Å². The first kappa shape index (κ1) is 20.3. The molecule has 1 aliphatic heterocycles. The van der Waals surface area contributed by atoms with Gasteiger partial charge in [0.2, 0.25) is 0 Å². The highest BCUT2D eigenvalue weighted by molar-refractivity contribution is 6.32. The van der Waals surface area contributed by atoms with E-state index in [4.69, 9.17) is 21.1 Å². The molecular weight excluding hydrogens is 364 g/mol. The maximum Gasteiger partial charge on any atom is 0.407 e. The highest BCUT2D eigenvalue weighted by atomic mass is 35.5. The van der Waals surface area contributed by atoms with Gasteiger partial charge >= 0.3 is 6.09 Å². The zero-order valence-corrected chi connectivity index (χ0v) is 17.3. The van der Waals surface area contributed by atoms with Gasteiger partial charge in [-0.15, -0.1) is 0 Å². The third-order valence-electron chi connectivity index (χ3n) is 5.05. The first-order chi connectivity index (χ1) is 12.8. The fourth-order valence-electron chi connectivity index (χ4n) is 3.57. The number of likely N-dealkylation sites (tertiary alicyclic amines) is 1. The molecule has 0 atom stereocenters. The van der Waals surface area contributed by atoms with Crippen LogP contribution in [0.1, 0.15) is 52.0 Å². The number of amides is 1. The van der Waals surface area contributed by atoms with Crippen molar-refractivity contribution < 1.29 is 14.3 Å². The number of halogens is 1. The smallest absolute Gasteiger partial charge is 0.407 e. The standard InChI is InChI=1S/C21H31ClN2O3/c1-21(2,3)23-20(25)26-14-15-11-17(12-15)27-18-8-6-7-16(19(18)22)13-24-9-4-5-10-24/h6-8,15,17H,4-5,9-14H2,1-3H3,(H,23,25). The third-order valence-corrected chi connectivity index (χ3v) is 5.48. The van der Waals surface area contributed by atoms with E-state index in [9.17, 15) is 4.79 Å². The Bertz CT molecular complexity index is 647. The Labute approximate surface area is 167 Å². The minimum Gasteiger partial charge on any atom is -0.489 e. The summed E-state index contributed by atoms with van der Waals surface area (Å²) in [6, 6.07) is 6.04. The van der Waals surface area contributed by atoms with E-state index >= 15 is 0 Å². The van der Waals surface area contributed by atoms with E-state index in [1.807, 2.05) is 32.9 Å². The van der Waals surface area contributed by atoms with Crippen molar-refractivity contribution in [3.63, 3.8) is 0 Å². The lowest BCUT2D eigenvalue weighted by Crippen LogP contribution is -2.43. The molecule has 27 heavy (non-hydrogen) atoms. The number of carbonyl (C=O) groups is 1. The Kier molecular flexibility index (Phi) is 6.53. The van der Waals surface area contributed by atoms with Crippen LogP contribution in [0.3, 0.4) is 0 Å². The minimum absolute atomic E-state index is 0.142. The molecule has 0 aromatic heterocycles. The van der Waals surface area contributed by atoms with Gasteiger partial charge in [-0.25, -0.2) is 4.79 Å². The van der Waals surface area contributed by atoms with Gasteiger partial charge in [0.05, 0.1) is 17.7 Å². The highest BCUT2D eigenvalue weighted by Gasteiger charge is 2.32. The Hall–Kier alpha value is -1.46. The molecule has 1 N–H and O–H groups in total. The molecule has 6 heteroatoms. The molecule has 0 bridgehead atoms. The number of ether oxygens (including phenoxy) is 2. The van der Waals surface area contributed by atoms with E-state index in [-0.39, 0.29) is 17.7 Å². The van der Waals surface area contributed by atoms with Gasteiger partial charge < -0.3 is 14.8 Å². The number of carbonyl (C=O) groups excluding carboxylic acids is 1. The summed E-state index contributed by atoms with van der Waals surface area (Å²) in [5.41, 5.74) is 0.855. The molecule has 2 aliphatic rings. The molecule has 150 valence electrons. The molecule has 1 amide bonds. The van der Waals surface area contributed by atoms with Crippen molar-refractivity contribution in [2.24, 2.45) is 5.92 Å². The van der Waals surface area contributed by atoms with Crippen LogP contribution in [-0.4, -0.2) is 42.3 Å². The average molecular weight is 395 g/mol. The number of hydrogen-bond donors (Lipinski definition) is 1. The lowest BCUT2D eigenvalue weighted by Gasteiger charge is -2.35. The molecule has 1 aromatic rings. The van der Waals surface area contributed by atoms with Crippen LogP contribution in [-0.2, 0) is 11.3 Å². The summed E-state index contributed by atoms with van der Waals surface area (Å²) < 4.78 is 11.4. The van der Waals surface area contributed by atoms with Gasteiger partial charge in [-0.2, -0.15) is 0 Å². The Morgan fingerprint density at radius 2 is 1.96 bits per heavy atom. The van der Waals surface area contributed by atoms with Gasteiger partial charge in [0, 0.05) is 18.0 Å². The van der Waals surface area contributed by atoms with Crippen molar-refractivity contribution in [1.29, 1.82) is 0 Å². The van der Waals surface area contributed by atoms with Crippen molar-refractivity contribution in [2.75, 3.05) is 19.7 Å². The number of rotatable bonds is 6. The van der Waals surface area contributed by atoms with E-state index in [1.165, 1.54) is 12.8 Å². The summed E-state index contributed by atoms with van der Waals surface area (Å²) in [6.07, 6.45) is 4.10. The lowest BCUT2D eigenvalue weighted by atomic mass is 9.83. The van der Waals surface area contributed by atoms with E-state index in [0.29, 0.717) is 12.5 Å². The fraction of sp³-hybridized carbons (Fsp3) is 0.667. The zero-order valence-electron chi connectivity index (χ0n) is 16.6. The molecular formula is C21H31ClN2O3. The molecule has 1 aromatic carbocycles. The quantitative estimate of drug-likeness (QED) is 0.764. The van der Waals surface area contributed by atoms with Crippen LogP contribution >= 0.6 is 11.6 Å². The summed E-state index contributed by atoms with van der Waals surface area (Å²) in [5, 5.41) is 3.53. The van der Waals surface area contributed by atoms with E-state index in [2.05, 4.69) is 16.3 Å². The molecule has 3 rings (SSSR count). The number of hydrogen-bond acceptors (Lipinski definition) is 4. The summed E-state index contributed by atoms with van der Waals surface area (Å²) >= 11 is 6.58. The maximum atomic E-state index is 11.7. The van der Waals surface area contributed by atoms with Crippen molar-refractivity contribution >= 4 is 17.7 Å². The number of alkyl carbamates (subject to hydrolysis) is 1. The Morgan fingerprint density at radius 3 is 2.63 bits per heavy atom. The third kappa shape index (κ3) is 6.01. The molecule has 5 nitrogen and oxygen atoms in total. The molecule has 1 saturated heterocycles. The molecule has 1 heterocycles. The second-order valence-electron chi connectivity index (χ2n) is 8.76. The number of nitrogens with zero attached hydrogens (tertiary/aromatic N) is 1. The monoisotopic (exact) mass is 394 g/mol. The van der Waals surface area contributed by atoms with Crippen LogP contribution < -0.4 is 10.1 Å². The van der Waals surface area contributed by atoms with Crippen molar-refractivity contribution in [3.05, 3.63) is 28.8 Å². The fourth-order valence-corrected chi connectivity index (χ4v) is 3.80. The summed E-state index contributed by atoms with van der Waals surface area (Å²) in [4.78, 5) is 14.1. The first-order valence-electron chi connectivity index (χ1n) is 9.91. The molecule has 1 saturated carbocycles. The second kappa shape index (κ2) is 8.70. The van der Waals surface area contributed by atoms with Gasteiger partial charge in [-0.3, -0.25) is 4.90 Å². The number of nitrogens with one attached hydrogen (secondary N) is 1. The second-order valence-corrected chi connectivity index (χ2v) is 9.14. The lowest BCUT2D eigenvalue weighted by molar-refractivity contribution is 0.0224. The maximum absolute atomic E-state index is 11.7. The summed E-state index contributed by atoms with van der Waals surface area (Å²) in [7, 11) is 0. The van der Waals surface area contributed by atoms with E-state index < -0.39 is 0 Å². The first-order valence-corrected chi connectivity index (χ1v) is 10.3.